The molecule has 0 saturated carbocycles. The van der Waals surface area contributed by atoms with Gasteiger partial charge in [0.05, 0.1) is 5.41 Å². The van der Waals surface area contributed by atoms with Crippen molar-refractivity contribution in [3.8, 4) is 33.4 Å². The topological polar surface area (TPSA) is 0 Å². The minimum atomic E-state index is -0.569. The summed E-state index contributed by atoms with van der Waals surface area (Å²) in [4.78, 5) is 0. The smallest absolute Gasteiger partial charge is 0.0622 e. The van der Waals surface area contributed by atoms with Crippen molar-refractivity contribution in [2.45, 2.75) is 5.41 Å². The van der Waals surface area contributed by atoms with E-state index in [0.29, 0.717) is 0 Å². The van der Waals surface area contributed by atoms with E-state index in [1.807, 2.05) is 0 Å². The van der Waals surface area contributed by atoms with Gasteiger partial charge in [-0.15, -0.1) is 0 Å². The summed E-state index contributed by atoms with van der Waals surface area (Å²) in [5.74, 6) is 0. The number of hydrogen-bond acceptors (Lipinski definition) is 0. The number of benzene rings is 10. The fraction of sp³-hybridized carbons (Fsp3) is 0.0189. The highest BCUT2D eigenvalue weighted by Gasteiger charge is 2.48. The van der Waals surface area contributed by atoms with Gasteiger partial charge in [0, 0.05) is 0 Å². The summed E-state index contributed by atoms with van der Waals surface area (Å²) in [6, 6.07) is 76.8. The Hall–Kier alpha value is -6.76. The van der Waals surface area contributed by atoms with Gasteiger partial charge in [0.25, 0.3) is 0 Å². The lowest BCUT2D eigenvalue weighted by atomic mass is 9.66. The maximum atomic E-state index is 2.54. The fourth-order valence-corrected chi connectivity index (χ4v) is 9.50. The van der Waals surface area contributed by atoms with Gasteiger partial charge in [-0.25, -0.2) is 0 Å². The summed E-state index contributed by atoms with van der Waals surface area (Å²) in [7, 11) is 0. The summed E-state index contributed by atoms with van der Waals surface area (Å²) < 4.78 is 0. The number of fused-ring (bicyclic) bond motifs is 9. The Kier molecular flexibility index (Phi) is 6.57. The van der Waals surface area contributed by atoms with E-state index in [9.17, 15) is 0 Å². The molecule has 10 aromatic carbocycles. The molecule has 0 heteroatoms. The van der Waals surface area contributed by atoms with E-state index in [0.717, 1.165) is 0 Å². The SMILES string of the molecule is c1ccc(-c2cc3ccccc3c3c2-c2ccc(-c4c5ccccc5cc5c4ccc4ccccc45)cc2C3(c2ccccc2)c2ccccc2)cc1. The summed E-state index contributed by atoms with van der Waals surface area (Å²) in [6.45, 7) is 0. The molecule has 0 amide bonds. The molecule has 0 nitrogen and oxygen atoms in total. The molecular weight excluding hydrogens is 637 g/mol. The van der Waals surface area contributed by atoms with Gasteiger partial charge in [0.1, 0.15) is 0 Å². The molecule has 10 aromatic rings. The normalized spacial score (nSPS) is 13.1. The van der Waals surface area contributed by atoms with Crippen LogP contribution in [0.5, 0.6) is 0 Å². The van der Waals surface area contributed by atoms with Gasteiger partial charge >= 0.3 is 0 Å². The van der Waals surface area contributed by atoms with Crippen molar-refractivity contribution < 1.29 is 0 Å². The highest BCUT2D eigenvalue weighted by molar-refractivity contribution is 6.20. The van der Waals surface area contributed by atoms with Crippen LogP contribution in [0.3, 0.4) is 0 Å². The fourth-order valence-electron chi connectivity index (χ4n) is 9.50. The van der Waals surface area contributed by atoms with Gasteiger partial charge < -0.3 is 0 Å². The third kappa shape index (κ3) is 4.30. The van der Waals surface area contributed by atoms with Crippen molar-refractivity contribution in [1.29, 1.82) is 0 Å². The molecule has 11 rings (SSSR count). The summed E-state index contributed by atoms with van der Waals surface area (Å²) in [6.07, 6.45) is 0. The van der Waals surface area contributed by atoms with Crippen molar-refractivity contribution in [3.63, 3.8) is 0 Å². The molecule has 0 fully saturated rings. The first-order valence-electron chi connectivity index (χ1n) is 18.5. The third-order valence-corrected chi connectivity index (χ3v) is 11.7. The van der Waals surface area contributed by atoms with E-state index in [1.54, 1.807) is 0 Å². The third-order valence-electron chi connectivity index (χ3n) is 11.7. The molecule has 1 aliphatic rings. The number of rotatable bonds is 4. The van der Waals surface area contributed by atoms with Crippen LogP contribution in [0.4, 0.5) is 0 Å². The Labute approximate surface area is 309 Å². The minimum absolute atomic E-state index is 0.569. The van der Waals surface area contributed by atoms with Gasteiger partial charge in [-0.2, -0.15) is 0 Å². The van der Waals surface area contributed by atoms with Crippen LogP contribution in [-0.2, 0) is 5.41 Å². The Bertz CT molecular complexity index is 2990. The molecule has 0 aromatic heterocycles. The standard InChI is InChI=1S/C53H34/c1-4-16-35(17-5-1)47-32-38-20-12-15-27-44(38)52-51(47)46-31-29-39(34-49(46)53(52,40-21-6-2-7-22-40)41-23-8-3-9-24-41)50-43-26-14-11-19-37(43)33-48-42-25-13-10-18-36(42)28-30-45(48)50/h1-34H. The van der Waals surface area contributed by atoms with E-state index in [2.05, 4.69) is 206 Å². The molecule has 0 aliphatic heterocycles. The molecule has 0 radical (unpaired) electrons. The van der Waals surface area contributed by atoms with Crippen LogP contribution in [-0.4, -0.2) is 0 Å². The van der Waals surface area contributed by atoms with Crippen LogP contribution in [0.25, 0.3) is 76.5 Å². The van der Waals surface area contributed by atoms with Crippen molar-refractivity contribution in [2.24, 2.45) is 0 Å². The Morgan fingerprint density at radius 3 is 1.55 bits per heavy atom. The van der Waals surface area contributed by atoms with E-state index >= 15 is 0 Å². The highest BCUT2D eigenvalue weighted by atomic mass is 14.5. The highest BCUT2D eigenvalue weighted by Crippen LogP contribution is 2.61. The first kappa shape index (κ1) is 29.9. The van der Waals surface area contributed by atoms with Gasteiger partial charge in [-0.3, -0.25) is 0 Å². The van der Waals surface area contributed by atoms with Gasteiger partial charge in [0.15, 0.2) is 0 Å². The van der Waals surface area contributed by atoms with E-state index in [1.165, 1.54) is 98.7 Å². The quantitative estimate of drug-likeness (QED) is 0.129. The van der Waals surface area contributed by atoms with Crippen molar-refractivity contribution in [2.75, 3.05) is 0 Å². The van der Waals surface area contributed by atoms with Crippen LogP contribution in [0.15, 0.2) is 206 Å². The molecule has 246 valence electrons. The van der Waals surface area contributed by atoms with Gasteiger partial charge in [-0.1, -0.05) is 188 Å². The average molecular weight is 671 g/mol. The molecule has 0 heterocycles. The monoisotopic (exact) mass is 670 g/mol. The minimum Gasteiger partial charge on any atom is -0.0622 e. The number of hydrogen-bond donors (Lipinski definition) is 0. The predicted octanol–water partition coefficient (Wildman–Crippen LogP) is 14.0. The molecule has 0 unspecified atom stereocenters. The molecular formula is C53H34. The van der Waals surface area contributed by atoms with Gasteiger partial charge in [-0.05, 0) is 117 Å². The Balaban J connectivity index is 1.33. The van der Waals surface area contributed by atoms with Crippen LogP contribution in [0.1, 0.15) is 22.3 Å². The van der Waals surface area contributed by atoms with E-state index in [-0.39, 0.29) is 0 Å². The van der Waals surface area contributed by atoms with Gasteiger partial charge in [0.2, 0.25) is 0 Å². The lowest BCUT2D eigenvalue weighted by Crippen LogP contribution is -2.29. The maximum Gasteiger partial charge on any atom is 0.0720 e. The summed E-state index contributed by atoms with van der Waals surface area (Å²) in [5, 5.41) is 10.2. The Morgan fingerprint density at radius 2 is 0.849 bits per heavy atom. The second-order valence-corrected chi connectivity index (χ2v) is 14.4. The van der Waals surface area contributed by atoms with E-state index in [4.69, 9.17) is 0 Å². The molecule has 53 heavy (non-hydrogen) atoms. The lowest BCUT2D eigenvalue weighted by Gasteiger charge is -2.35. The molecule has 1 aliphatic carbocycles. The predicted molar refractivity (Wildman–Crippen MR) is 225 cm³/mol. The molecule has 0 bridgehead atoms. The molecule has 0 atom stereocenters. The first-order valence-corrected chi connectivity index (χ1v) is 18.5. The summed E-state index contributed by atoms with van der Waals surface area (Å²) in [5.41, 5.74) is 12.3. The van der Waals surface area contributed by atoms with Crippen LogP contribution in [0, 0.1) is 0 Å². The van der Waals surface area contributed by atoms with Crippen LogP contribution >= 0.6 is 0 Å². The zero-order valence-electron chi connectivity index (χ0n) is 29.1. The van der Waals surface area contributed by atoms with Crippen molar-refractivity contribution in [3.05, 3.63) is 229 Å². The van der Waals surface area contributed by atoms with Crippen molar-refractivity contribution in [1.82, 2.24) is 0 Å². The molecule has 0 saturated heterocycles. The second-order valence-electron chi connectivity index (χ2n) is 14.4. The first-order chi connectivity index (χ1) is 26.3. The molecule has 0 spiro atoms. The summed E-state index contributed by atoms with van der Waals surface area (Å²) >= 11 is 0. The van der Waals surface area contributed by atoms with Crippen LogP contribution in [0.2, 0.25) is 0 Å². The zero-order chi connectivity index (χ0) is 34.9. The average Bonchev–Trinajstić information content (AvgIpc) is 3.55. The molecule has 0 N–H and O–H groups in total. The lowest BCUT2D eigenvalue weighted by molar-refractivity contribution is 0.776. The Morgan fingerprint density at radius 1 is 0.283 bits per heavy atom. The zero-order valence-corrected chi connectivity index (χ0v) is 29.1. The van der Waals surface area contributed by atoms with Crippen LogP contribution < -0.4 is 0 Å². The largest absolute Gasteiger partial charge is 0.0720 e. The second kappa shape index (κ2) is 11.6. The van der Waals surface area contributed by atoms with E-state index < -0.39 is 5.41 Å². The maximum absolute atomic E-state index is 2.54. The van der Waals surface area contributed by atoms with Crippen molar-refractivity contribution >= 4 is 43.1 Å².